The molecule has 0 fully saturated rings. The van der Waals surface area contributed by atoms with Crippen molar-refractivity contribution in [2.24, 2.45) is 0 Å². The third kappa shape index (κ3) is 2.17. The number of tetrazole rings is 1. The topological polar surface area (TPSA) is 73.1 Å². The molecule has 0 aliphatic rings. The molecule has 0 amide bonds. The first-order valence-corrected chi connectivity index (χ1v) is 4.93. The Labute approximate surface area is 92.4 Å². The van der Waals surface area contributed by atoms with E-state index >= 15 is 0 Å². The zero-order chi connectivity index (χ0) is 11.4. The van der Waals surface area contributed by atoms with Crippen LogP contribution in [0.5, 0.6) is 0 Å². The van der Waals surface area contributed by atoms with E-state index in [0.717, 1.165) is 5.56 Å². The number of benzene rings is 1. The number of aliphatic hydroxyl groups is 1. The highest BCUT2D eigenvalue weighted by atomic mass is 16.7. The van der Waals surface area contributed by atoms with Crippen LogP contribution in [-0.4, -0.2) is 38.2 Å². The standard InChI is InChI=1S/C10H12N4O2/c1-8(7-15)16-14-10(11-12-13-14)9-5-3-2-4-6-9/h2-6,8,15H,7H2,1H3. The van der Waals surface area contributed by atoms with Gasteiger partial charge in [0.05, 0.1) is 6.61 Å². The van der Waals surface area contributed by atoms with Gasteiger partial charge in [-0.1, -0.05) is 35.2 Å². The van der Waals surface area contributed by atoms with E-state index < -0.39 is 0 Å². The summed E-state index contributed by atoms with van der Waals surface area (Å²) in [7, 11) is 0. The SMILES string of the molecule is CC(CO)On1nnnc1-c1ccccc1. The van der Waals surface area contributed by atoms with Crippen LogP contribution in [0.15, 0.2) is 30.3 Å². The van der Waals surface area contributed by atoms with Gasteiger partial charge in [-0.05, 0) is 17.4 Å². The van der Waals surface area contributed by atoms with Crippen LogP contribution in [-0.2, 0) is 0 Å². The first kappa shape index (κ1) is 10.6. The number of nitrogens with zero attached hydrogens (tertiary/aromatic N) is 4. The van der Waals surface area contributed by atoms with E-state index in [1.807, 2.05) is 30.3 Å². The summed E-state index contributed by atoms with van der Waals surface area (Å²) >= 11 is 0. The van der Waals surface area contributed by atoms with Crippen LogP contribution in [0.1, 0.15) is 6.92 Å². The smallest absolute Gasteiger partial charge is 0.222 e. The van der Waals surface area contributed by atoms with Crippen LogP contribution in [0.25, 0.3) is 11.4 Å². The first-order chi connectivity index (χ1) is 7.81. The van der Waals surface area contributed by atoms with Crippen molar-refractivity contribution in [2.45, 2.75) is 13.0 Å². The van der Waals surface area contributed by atoms with Gasteiger partial charge in [0, 0.05) is 5.56 Å². The molecule has 6 nitrogen and oxygen atoms in total. The molecule has 0 saturated carbocycles. The van der Waals surface area contributed by atoms with Gasteiger partial charge < -0.3 is 9.94 Å². The molecular formula is C10H12N4O2. The van der Waals surface area contributed by atoms with Crippen LogP contribution in [0.2, 0.25) is 0 Å². The van der Waals surface area contributed by atoms with Gasteiger partial charge in [-0.25, -0.2) is 0 Å². The maximum absolute atomic E-state index is 8.89. The van der Waals surface area contributed by atoms with E-state index in [-0.39, 0.29) is 12.7 Å². The zero-order valence-electron chi connectivity index (χ0n) is 8.82. The molecule has 1 unspecified atom stereocenters. The average molecular weight is 220 g/mol. The highest BCUT2D eigenvalue weighted by molar-refractivity contribution is 5.53. The normalized spacial score (nSPS) is 12.4. The largest absolute Gasteiger partial charge is 0.392 e. The second-order valence-electron chi connectivity index (χ2n) is 3.34. The Morgan fingerprint density at radius 3 is 2.81 bits per heavy atom. The Bertz CT molecular complexity index is 443. The lowest BCUT2D eigenvalue weighted by molar-refractivity contribution is -0.00515. The lowest BCUT2D eigenvalue weighted by Crippen LogP contribution is -2.27. The molecule has 0 aliphatic carbocycles. The fourth-order valence-corrected chi connectivity index (χ4v) is 1.21. The Kier molecular flexibility index (Phi) is 3.11. The molecule has 2 rings (SSSR count). The maximum atomic E-state index is 8.89. The lowest BCUT2D eigenvalue weighted by Gasteiger charge is -2.11. The average Bonchev–Trinajstić information content (AvgIpc) is 2.78. The third-order valence-corrected chi connectivity index (χ3v) is 2.01. The summed E-state index contributed by atoms with van der Waals surface area (Å²) < 4.78 is 0. The fraction of sp³-hybridized carbons (Fsp3) is 0.300. The number of aliphatic hydroxyl groups excluding tert-OH is 1. The molecule has 1 heterocycles. The molecule has 0 saturated heterocycles. The summed E-state index contributed by atoms with van der Waals surface area (Å²) in [6.07, 6.45) is -0.356. The molecule has 0 spiro atoms. The monoisotopic (exact) mass is 220 g/mol. The Hall–Kier alpha value is -1.95. The maximum Gasteiger partial charge on any atom is 0.222 e. The number of hydrogen-bond acceptors (Lipinski definition) is 5. The van der Waals surface area contributed by atoms with Crippen molar-refractivity contribution in [3.63, 3.8) is 0 Å². The van der Waals surface area contributed by atoms with E-state index in [2.05, 4.69) is 15.5 Å². The highest BCUT2D eigenvalue weighted by Crippen LogP contribution is 2.13. The molecule has 16 heavy (non-hydrogen) atoms. The van der Waals surface area contributed by atoms with Crippen molar-refractivity contribution in [2.75, 3.05) is 6.61 Å². The minimum Gasteiger partial charge on any atom is -0.392 e. The van der Waals surface area contributed by atoms with Gasteiger partial charge in [-0.15, -0.1) is 5.10 Å². The Morgan fingerprint density at radius 1 is 1.38 bits per heavy atom. The van der Waals surface area contributed by atoms with Crippen molar-refractivity contribution >= 4 is 0 Å². The summed E-state index contributed by atoms with van der Waals surface area (Å²) in [5.41, 5.74) is 0.859. The Balaban J connectivity index is 2.26. The van der Waals surface area contributed by atoms with Crippen LogP contribution < -0.4 is 4.84 Å². The van der Waals surface area contributed by atoms with E-state index in [0.29, 0.717) is 5.82 Å². The number of hydrogen-bond donors (Lipinski definition) is 1. The minimum atomic E-state index is -0.356. The summed E-state index contributed by atoms with van der Waals surface area (Å²) in [6.45, 7) is 1.64. The summed E-state index contributed by atoms with van der Waals surface area (Å²) in [6, 6.07) is 9.47. The van der Waals surface area contributed by atoms with Crippen molar-refractivity contribution in [1.29, 1.82) is 0 Å². The van der Waals surface area contributed by atoms with Gasteiger partial charge in [0.1, 0.15) is 6.10 Å². The van der Waals surface area contributed by atoms with E-state index in [1.54, 1.807) is 6.92 Å². The number of rotatable bonds is 4. The van der Waals surface area contributed by atoms with Crippen LogP contribution >= 0.6 is 0 Å². The molecule has 1 aromatic carbocycles. The van der Waals surface area contributed by atoms with Crippen molar-refractivity contribution in [1.82, 2.24) is 20.4 Å². The molecule has 1 N–H and O–H groups in total. The number of aromatic nitrogens is 4. The Morgan fingerprint density at radius 2 is 2.12 bits per heavy atom. The molecule has 0 bridgehead atoms. The van der Waals surface area contributed by atoms with Gasteiger partial charge in [-0.3, -0.25) is 0 Å². The quantitative estimate of drug-likeness (QED) is 0.794. The second kappa shape index (κ2) is 4.71. The van der Waals surface area contributed by atoms with Crippen molar-refractivity contribution < 1.29 is 9.94 Å². The molecule has 2 aromatic rings. The lowest BCUT2D eigenvalue weighted by atomic mass is 10.2. The van der Waals surface area contributed by atoms with Gasteiger partial charge in [0.15, 0.2) is 0 Å². The summed E-state index contributed by atoms with van der Waals surface area (Å²) in [4.78, 5) is 6.54. The summed E-state index contributed by atoms with van der Waals surface area (Å²) in [5.74, 6) is 0.515. The molecular weight excluding hydrogens is 208 g/mol. The van der Waals surface area contributed by atoms with E-state index in [4.69, 9.17) is 9.94 Å². The van der Waals surface area contributed by atoms with Gasteiger partial charge in [0.2, 0.25) is 5.82 Å². The molecule has 84 valence electrons. The molecule has 1 aromatic heterocycles. The zero-order valence-corrected chi connectivity index (χ0v) is 8.82. The molecule has 1 atom stereocenters. The minimum absolute atomic E-state index is 0.0892. The van der Waals surface area contributed by atoms with Crippen molar-refractivity contribution in [3.8, 4) is 11.4 Å². The van der Waals surface area contributed by atoms with Crippen molar-refractivity contribution in [3.05, 3.63) is 30.3 Å². The van der Waals surface area contributed by atoms with Gasteiger partial charge in [-0.2, -0.15) is 0 Å². The molecule has 0 radical (unpaired) electrons. The van der Waals surface area contributed by atoms with E-state index in [9.17, 15) is 0 Å². The molecule has 6 heteroatoms. The van der Waals surface area contributed by atoms with Crippen LogP contribution in [0.3, 0.4) is 0 Å². The predicted molar refractivity (Wildman–Crippen MR) is 56.4 cm³/mol. The van der Waals surface area contributed by atoms with Crippen LogP contribution in [0.4, 0.5) is 0 Å². The second-order valence-corrected chi connectivity index (χ2v) is 3.34. The van der Waals surface area contributed by atoms with Crippen LogP contribution in [0, 0.1) is 0 Å². The van der Waals surface area contributed by atoms with Gasteiger partial charge >= 0.3 is 0 Å². The predicted octanol–water partition coefficient (Wildman–Crippen LogP) is 0.149. The first-order valence-electron chi connectivity index (χ1n) is 4.93. The van der Waals surface area contributed by atoms with Gasteiger partial charge in [0.25, 0.3) is 0 Å². The fourth-order valence-electron chi connectivity index (χ4n) is 1.21. The third-order valence-electron chi connectivity index (χ3n) is 2.01. The van der Waals surface area contributed by atoms with E-state index in [1.165, 1.54) is 4.85 Å². The molecule has 0 aliphatic heterocycles. The summed E-state index contributed by atoms with van der Waals surface area (Å²) in [5, 5.41) is 20.0. The highest BCUT2D eigenvalue weighted by Gasteiger charge is 2.11.